The van der Waals surface area contributed by atoms with Gasteiger partial charge in [-0.2, -0.15) is 46.7 Å². The van der Waals surface area contributed by atoms with Gasteiger partial charge in [0.15, 0.2) is 12.3 Å². The molecule has 25 nitrogen and oxygen atoms in total. The summed E-state index contributed by atoms with van der Waals surface area (Å²) in [7, 11) is -21.8. The number of nitrogens with zero attached hydrogens (tertiary/aromatic N) is 2. The molecule has 474 valence electrons. The Balaban J connectivity index is 1.46. The first-order valence-electron chi connectivity index (χ1n) is 27.1. The Hall–Kier alpha value is -5.39. The first-order valence-corrected chi connectivity index (χ1v) is 34.5. The Kier molecular flexibility index (Phi) is 24.1. The van der Waals surface area contributed by atoms with Crippen LogP contribution in [0.25, 0.3) is 21.5 Å². The molecule has 0 amide bonds. The van der Waals surface area contributed by atoms with E-state index in [1.807, 2.05) is 16.4 Å². The molecule has 6 N–H and O–H groups in total. The van der Waals surface area contributed by atoms with Gasteiger partial charge in [-0.15, -0.1) is 0 Å². The minimum absolute atomic E-state index is 0.00270. The third kappa shape index (κ3) is 17.7. The lowest BCUT2D eigenvalue weighted by Crippen LogP contribution is -2.33. The number of ether oxygens (including phenoxy) is 6. The Bertz CT molecular complexity index is 3880. The van der Waals surface area contributed by atoms with E-state index < -0.39 is 92.7 Å². The highest BCUT2D eigenvalue weighted by Gasteiger charge is 2.49. The van der Waals surface area contributed by atoms with E-state index in [-0.39, 0.29) is 93.4 Å². The first-order chi connectivity index (χ1) is 40.4. The maximum Gasteiger partial charge on any atom is 0.303 e. The van der Waals surface area contributed by atoms with E-state index in [9.17, 15) is 74.8 Å². The number of unbranched alkanes of at least 4 members (excludes halogenated alkanes) is 2. The van der Waals surface area contributed by atoms with E-state index in [1.165, 1.54) is 19.2 Å². The maximum absolute atomic E-state index is 12.9. The smallest absolute Gasteiger partial charge is 0.303 e. The fraction of sp³-hybridized carbons (Fsp3) is 0.464. The van der Waals surface area contributed by atoms with E-state index in [0.29, 0.717) is 98.3 Å². The fourth-order valence-corrected chi connectivity index (χ4v) is 14.1. The molecule has 30 heteroatoms. The lowest BCUT2D eigenvalue weighted by atomic mass is 9.74. The number of anilines is 1. The minimum Gasteiger partial charge on any atom is -0.481 e. The zero-order valence-electron chi connectivity index (χ0n) is 47.9. The summed E-state index contributed by atoms with van der Waals surface area (Å²) in [4.78, 5) is 10.2. The number of methoxy groups -OCH3 is 2. The monoisotopic (exact) mass is 1300 g/mol. The minimum atomic E-state index is -5.12. The van der Waals surface area contributed by atoms with Crippen LogP contribution in [0.1, 0.15) is 69.9 Å². The molecule has 0 aromatic heterocycles. The van der Waals surface area contributed by atoms with E-state index in [1.54, 1.807) is 68.7 Å². The van der Waals surface area contributed by atoms with Crippen molar-refractivity contribution in [2.45, 2.75) is 89.2 Å². The molecule has 2 atom stereocenters. The van der Waals surface area contributed by atoms with Crippen LogP contribution in [-0.4, -0.2) is 185 Å². The van der Waals surface area contributed by atoms with Crippen LogP contribution in [0.4, 0.5) is 11.4 Å². The average Bonchev–Trinajstić information content (AvgIpc) is 1.55. The number of carboxylic acids is 1. The quantitative estimate of drug-likeness (QED) is 0.0119. The van der Waals surface area contributed by atoms with Crippen molar-refractivity contribution >= 4 is 95.2 Å². The van der Waals surface area contributed by atoms with Crippen molar-refractivity contribution in [3.8, 4) is 0 Å². The highest BCUT2D eigenvalue weighted by molar-refractivity contribution is 7.87. The predicted octanol–water partition coefficient (Wildman–Crippen LogP) is 6.73. The molecule has 0 aliphatic carbocycles. The zero-order valence-corrected chi connectivity index (χ0v) is 51.9. The summed E-state index contributed by atoms with van der Waals surface area (Å²) in [6, 6.07) is 9.51. The van der Waals surface area contributed by atoms with Crippen molar-refractivity contribution in [2.24, 2.45) is 0 Å². The van der Waals surface area contributed by atoms with Crippen LogP contribution in [0.5, 0.6) is 0 Å². The summed E-state index contributed by atoms with van der Waals surface area (Å²) < 4.78 is 212. The Labute approximate surface area is 501 Å². The van der Waals surface area contributed by atoms with Crippen molar-refractivity contribution in [1.82, 2.24) is 0 Å². The summed E-state index contributed by atoms with van der Waals surface area (Å²) in [5.41, 5.74) is 0.403. The lowest BCUT2D eigenvalue weighted by Gasteiger charge is -2.31. The Morgan fingerprint density at radius 2 is 1.06 bits per heavy atom. The van der Waals surface area contributed by atoms with Crippen LogP contribution in [0.3, 0.4) is 0 Å². The second kappa shape index (κ2) is 29.7. The molecule has 0 bridgehead atoms. The average molecular weight is 1300 g/mol. The molecule has 0 spiro atoms. The van der Waals surface area contributed by atoms with Crippen molar-refractivity contribution in [3.63, 3.8) is 0 Å². The number of carbonyl (C=O) groups is 1. The van der Waals surface area contributed by atoms with Crippen LogP contribution < -0.4 is 4.90 Å². The van der Waals surface area contributed by atoms with Gasteiger partial charge in [0.25, 0.3) is 50.6 Å². The van der Waals surface area contributed by atoms with Crippen LogP contribution in [0.2, 0.25) is 0 Å². The normalized spacial score (nSPS) is 18.3. The molecule has 4 aromatic carbocycles. The van der Waals surface area contributed by atoms with E-state index >= 15 is 0 Å². The molecule has 0 saturated carbocycles. The summed E-state index contributed by atoms with van der Waals surface area (Å²) in [6.07, 6.45) is 13.2. The van der Waals surface area contributed by atoms with E-state index in [2.05, 4.69) is 0 Å². The third-order valence-electron chi connectivity index (χ3n) is 14.8. The van der Waals surface area contributed by atoms with Crippen molar-refractivity contribution in [1.29, 1.82) is 0 Å². The van der Waals surface area contributed by atoms with Gasteiger partial charge in [-0.05, 0) is 105 Å². The van der Waals surface area contributed by atoms with Gasteiger partial charge in [0.05, 0.1) is 73.8 Å². The van der Waals surface area contributed by atoms with Gasteiger partial charge in [-0.1, -0.05) is 42.9 Å². The highest BCUT2D eigenvalue weighted by atomic mass is 32.2. The molecule has 0 fully saturated rings. The van der Waals surface area contributed by atoms with Crippen LogP contribution >= 0.6 is 0 Å². The second-order valence-electron chi connectivity index (χ2n) is 20.7. The van der Waals surface area contributed by atoms with Gasteiger partial charge in [-0.25, -0.2) is 0 Å². The number of rotatable bonds is 36. The summed E-state index contributed by atoms with van der Waals surface area (Å²) in [5, 5.41) is 9.31. The van der Waals surface area contributed by atoms with Gasteiger partial charge in [0, 0.05) is 79.1 Å². The van der Waals surface area contributed by atoms with E-state index in [0.717, 1.165) is 12.1 Å². The standard InChI is InChI=1S/C56H72N2O23S5/c1-55(21-13-35-82(61,62)63)50(58(24-26-79-29-27-76-3)47-20-18-42-44(53(47)55)36-40(83(64,65)66)38-48(42)85(70,71)72)14-9-6-5-7-10-15-51-56(2,22-25-78-31-32-81-34-33-80-30-28-77-4)54-45-37-41(84(67,68)69)39-49(86(73,74)75)43(45)17-19-46(54)57(51)23-12-8-11-16-52(59)60/h5-7,9-10,14-15,17-20,36-39H,8,11-13,16,21-35H2,1-4H3,(H5-,59,60,61,62,63,64,65,66,67,68,69,70,71,72,73,74,75)/p+1. The molecule has 2 aliphatic rings. The first kappa shape index (κ1) is 69.7. The van der Waals surface area contributed by atoms with Crippen LogP contribution in [0, 0.1) is 0 Å². The molecule has 4 aromatic rings. The van der Waals surface area contributed by atoms with Crippen molar-refractivity contribution in [3.05, 3.63) is 108 Å². The van der Waals surface area contributed by atoms with Gasteiger partial charge >= 0.3 is 5.97 Å². The maximum atomic E-state index is 12.9. The second-order valence-corrected chi connectivity index (χ2v) is 27.9. The van der Waals surface area contributed by atoms with Crippen molar-refractivity contribution < 1.29 is 108 Å². The SMILES string of the molecule is COCCOCCOCCOCCC1(C)\C(=C/C=C/C=C/C=C/C2=[N+](CCOCCOC)c3ccc4c(S(=O)(=O)O)cc(S(=O)(=O)O)cc4c3C2(C)CCCS(=O)(=O)O)N(CCCCCC(=O)O)c2ccc3c(S(=O)(=O)O)cc(S(=O)(=O)O)cc3c21. The number of benzene rings is 4. The summed E-state index contributed by atoms with van der Waals surface area (Å²) in [5.74, 6) is -1.64. The number of hydrogen-bond acceptors (Lipinski definition) is 18. The van der Waals surface area contributed by atoms with Crippen molar-refractivity contribution in [2.75, 3.05) is 104 Å². The van der Waals surface area contributed by atoms with Gasteiger partial charge in [0.1, 0.15) is 16.4 Å². The molecular weight excluding hydrogens is 1230 g/mol. The van der Waals surface area contributed by atoms with Crippen LogP contribution in [-0.2, 0) is 94.6 Å². The number of carboxylic acid groups (broad SMARTS) is 1. The fourth-order valence-electron chi connectivity index (χ4n) is 10.9. The zero-order chi connectivity index (χ0) is 63.3. The topological polar surface area (TPSA) is 371 Å². The molecule has 0 radical (unpaired) electrons. The van der Waals surface area contributed by atoms with Gasteiger partial charge < -0.3 is 38.4 Å². The number of aliphatic carboxylic acids is 1. The van der Waals surface area contributed by atoms with Gasteiger partial charge in [-0.3, -0.25) is 27.6 Å². The number of fused-ring (bicyclic) bond motifs is 6. The molecule has 6 rings (SSSR count). The third-order valence-corrected chi connectivity index (χ3v) is 19.0. The summed E-state index contributed by atoms with van der Waals surface area (Å²) in [6.45, 7) is 6.49. The Morgan fingerprint density at radius 1 is 0.547 bits per heavy atom. The molecule has 2 unspecified atom stereocenters. The number of allylic oxidation sites excluding steroid dienone is 8. The molecule has 2 aliphatic heterocycles. The van der Waals surface area contributed by atoms with Gasteiger partial charge in [0.2, 0.25) is 5.69 Å². The molecular formula is C56H73N2O23S5+. The van der Waals surface area contributed by atoms with Crippen LogP contribution in [0.15, 0.2) is 116 Å². The summed E-state index contributed by atoms with van der Waals surface area (Å²) >= 11 is 0. The number of hydrogen-bond donors (Lipinski definition) is 6. The Morgan fingerprint density at radius 3 is 1.59 bits per heavy atom. The largest absolute Gasteiger partial charge is 0.481 e. The molecule has 86 heavy (non-hydrogen) atoms. The lowest BCUT2D eigenvalue weighted by molar-refractivity contribution is -0.442. The molecule has 2 heterocycles. The predicted molar refractivity (Wildman–Crippen MR) is 318 cm³/mol. The highest BCUT2D eigenvalue weighted by Crippen LogP contribution is 2.54. The molecule has 0 saturated heterocycles. The van der Waals surface area contributed by atoms with E-state index in [4.69, 9.17) is 28.4 Å².